The van der Waals surface area contributed by atoms with E-state index in [2.05, 4.69) is 32.7 Å². The number of hydrogen-bond donors (Lipinski definition) is 1. The number of ether oxygens (including phenoxy) is 2. The first-order valence-corrected chi connectivity index (χ1v) is 8.21. The molecule has 0 fully saturated rings. The minimum Gasteiger partial charge on any atom is -0.493 e. The van der Waals surface area contributed by atoms with E-state index in [9.17, 15) is 4.79 Å². The van der Waals surface area contributed by atoms with Gasteiger partial charge in [0.25, 0.3) is 5.91 Å². The van der Waals surface area contributed by atoms with Gasteiger partial charge in [0.1, 0.15) is 0 Å². The maximum absolute atomic E-state index is 12.7. The summed E-state index contributed by atoms with van der Waals surface area (Å²) in [5.41, 5.74) is 1.26. The van der Waals surface area contributed by atoms with Gasteiger partial charge in [0.2, 0.25) is 0 Å². The average Bonchev–Trinajstić information content (AvgIpc) is 2.43. The van der Waals surface area contributed by atoms with Gasteiger partial charge >= 0.3 is 0 Å². The fourth-order valence-corrected chi connectivity index (χ4v) is 3.23. The summed E-state index contributed by atoms with van der Waals surface area (Å²) < 4.78 is 10.8. The Hall–Kier alpha value is -1.97. The van der Waals surface area contributed by atoms with Crippen LogP contribution in [0, 0.1) is 5.41 Å². The summed E-state index contributed by atoms with van der Waals surface area (Å²) in [5.74, 6) is 1.08. The van der Waals surface area contributed by atoms with E-state index in [4.69, 9.17) is 9.47 Å². The highest BCUT2D eigenvalue weighted by atomic mass is 16.5. The Kier molecular flexibility index (Phi) is 6.47. The van der Waals surface area contributed by atoms with E-state index in [1.165, 1.54) is 0 Å². The third-order valence-electron chi connectivity index (χ3n) is 3.61. The van der Waals surface area contributed by atoms with E-state index >= 15 is 0 Å². The molecule has 4 nitrogen and oxygen atoms in total. The highest BCUT2D eigenvalue weighted by Gasteiger charge is 2.28. The van der Waals surface area contributed by atoms with E-state index in [-0.39, 0.29) is 16.9 Å². The maximum atomic E-state index is 12.7. The van der Waals surface area contributed by atoms with Gasteiger partial charge in [0.15, 0.2) is 11.5 Å². The standard InChI is InChI=1S/C20H31NO3/c1-9-10-14-11-15(12-16(23-7)17(14)24-8)18(22)21-20(5,6)13-19(2,3)4/h9,11-12H,1,10,13H2,2-8H3,(H,21,22). The van der Waals surface area contributed by atoms with Crippen molar-refractivity contribution in [3.63, 3.8) is 0 Å². The van der Waals surface area contributed by atoms with Crippen LogP contribution in [0.25, 0.3) is 0 Å². The van der Waals surface area contributed by atoms with Crippen molar-refractivity contribution in [2.75, 3.05) is 14.2 Å². The van der Waals surface area contributed by atoms with Crippen LogP contribution in [-0.2, 0) is 6.42 Å². The topological polar surface area (TPSA) is 47.6 Å². The van der Waals surface area contributed by atoms with Gasteiger partial charge in [-0.1, -0.05) is 26.8 Å². The summed E-state index contributed by atoms with van der Waals surface area (Å²) in [6.07, 6.45) is 3.26. The molecule has 0 aliphatic carbocycles. The Bertz CT molecular complexity index is 598. The SMILES string of the molecule is C=CCc1cc(C(=O)NC(C)(C)CC(C)(C)C)cc(OC)c1OC. The second-order valence-electron chi connectivity index (χ2n) is 7.94. The highest BCUT2D eigenvalue weighted by molar-refractivity contribution is 5.95. The molecule has 0 radical (unpaired) electrons. The zero-order valence-corrected chi connectivity index (χ0v) is 16.1. The van der Waals surface area contributed by atoms with Crippen molar-refractivity contribution in [1.29, 1.82) is 0 Å². The van der Waals surface area contributed by atoms with Gasteiger partial charge in [-0.05, 0) is 44.2 Å². The Morgan fingerprint density at radius 1 is 1.17 bits per heavy atom. The number of carbonyl (C=O) groups is 1. The molecule has 1 amide bonds. The second kappa shape index (κ2) is 7.73. The van der Waals surface area contributed by atoms with E-state index in [1.807, 2.05) is 19.9 Å². The maximum Gasteiger partial charge on any atom is 0.251 e. The van der Waals surface area contributed by atoms with Crippen LogP contribution in [-0.4, -0.2) is 25.7 Å². The van der Waals surface area contributed by atoms with E-state index in [1.54, 1.807) is 26.4 Å². The number of allylic oxidation sites excluding steroid dienone is 1. The zero-order chi connectivity index (χ0) is 18.5. The molecular weight excluding hydrogens is 302 g/mol. The lowest BCUT2D eigenvalue weighted by Crippen LogP contribution is -2.45. The van der Waals surface area contributed by atoms with Gasteiger partial charge in [0.05, 0.1) is 14.2 Å². The molecule has 1 rings (SSSR count). The molecule has 0 saturated heterocycles. The molecule has 0 saturated carbocycles. The zero-order valence-electron chi connectivity index (χ0n) is 16.1. The van der Waals surface area contributed by atoms with Gasteiger partial charge in [-0.3, -0.25) is 4.79 Å². The Labute approximate surface area is 146 Å². The lowest BCUT2D eigenvalue weighted by Gasteiger charge is -2.33. The van der Waals surface area contributed by atoms with Crippen molar-refractivity contribution in [3.05, 3.63) is 35.9 Å². The summed E-state index contributed by atoms with van der Waals surface area (Å²) >= 11 is 0. The second-order valence-corrected chi connectivity index (χ2v) is 7.94. The molecule has 134 valence electrons. The van der Waals surface area contributed by atoms with Crippen molar-refractivity contribution >= 4 is 5.91 Å². The minimum absolute atomic E-state index is 0.115. The van der Waals surface area contributed by atoms with Crippen LogP contribution in [0.15, 0.2) is 24.8 Å². The number of rotatable bonds is 7. The van der Waals surface area contributed by atoms with E-state index < -0.39 is 0 Å². The molecule has 0 aliphatic rings. The normalized spacial score (nSPS) is 11.8. The van der Waals surface area contributed by atoms with Crippen LogP contribution in [0.4, 0.5) is 0 Å². The highest BCUT2D eigenvalue weighted by Crippen LogP contribution is 2.33. The summed E-state index contributed by atoms with van der Waals surface area (Å²) in [5, 5.41) is 3.13. The van der Waals surface area contributed by atoms with Crippen molar-refractivity contribution in [2.24, 2.45) is 5.41 Å². The largest absolute Gasteiger partial charge is 0.493 e. The number of nitrogens with one attached hydrogen (secondary N) is 1. The van der Waals surface area contributed by atoms with Crippen LogP contribution in [0.5, 0.6) is 11.5 Å². The van der Waals surface area contributed by atoms with Crippen molar-refractivity contribution in [2.45, 2.75) is 53.0 Å². The Morgan fingerprint density at radius 2 is 1.79 bits per heavy atom. The van der Waals surface area contributed by atoms with Crippen molar-refractivity contribution in [3.8, 4) is 11.5 Å². The molecule has 0 aromatic heterocycles. The van der Waals surface area contributed by atoms with Crippen LogP contribution in [0.2, 0.25) is 0 Å². The Balaban J connectivity index is 3.14. The quantitative estimate of drug-likeness (QED) is 0.753. The first kappa shape index (κ1) is 20.1. The molecule has 0 unspecified atom stereocenters. The number of benzene rings is 1. The summed E-state index contributed by atoms with van der Waals surface area (Å²) in [4.78, 5) is 12.7. The summed E-state index contributed by atoms with van der Waals surface area (Å²) in [7, 11) is 3.16. The lowest BCUT2D eigenvalue weighted by atomic mass is 9.81. The fourth-order valence-electron chi connectivity index (χ4n) is 3.23. The number of amides is 1. The van der Waals surface area contributed by atoms with Gasteiger partial charge in [0, 0.05) is 16.7 Å². The van der Waals surface area contributed by atoms with E-state index in [0.717, 1.165) is 12.0 Å². The minimum atomic E-state index is -0.304. The average molecular weight is 333 g/mol. The van der Waals surface area contributed by atoms with Gasteiger partial charge < -0.3 is 14.8 Å². The van der Waals surface area contributed by atoms with Crippen LogP contribution < -0.4 is 14.8 Å². The predicted molar refractivity (Wildman–Crippen MR) is 99.1 cm³/mol. The molecule has 0 heterocycles. The van der Waals surface area contributed by atoms with Gasteiger partial charge in [-0.2, -0.15) is 0 Å². The van der Waals surface area contributed by atoms with E-state index in [0.29, 0.717) is 23.5 Å². The molecule has 24 heavy (non-hydrogen) atoms. The third kappa shape index (κ3) is 5.59. The first-order valence-electron chi connectivity index (χ1n) is 8.21. The van der Waals surface area contributed by atoms with Crippen LogP contribution >= 0.6 is 0 Å². The van der Waals surface area contributed by atoms with Crippen molar-refractivity contribution < 1.29 is 14.3 Å². The molecule has 0 bridgehead atoms. The summed E-state index contributed by atoms with van der Waals surface area (Å²) in [6.45, 7) is 14.3. The summed E-state index contributed by atoms with van der Waals surface area (Å²) in [6, 6.07) is 3.56. The molecule has 1 N–H and O–H groups in total. The van der Waals surface area contributed by atoms with Gasteiger partial charge in [-0.25, -0.2) is 0 Å². The molecule has 4 heteroatoms. The van der Waals surface area contributed by atoms with Crippen LogP contribution in [0.1, 0.15) is 57.0 Å². The smallest absolute Gasteiger partial charge is 0.251 e. The number of hydrogen-bond acceptors (Lipinski definition) is 3. The number of carbonyl (C=O) groups excluding carboxylic acids is 1. The van der Waals surface area contributed by atoms with Crippen molar-refractivity contribution in [1.82, 2.24) is 5.32 Å². The first-order chi connectivity index (χ1) is 11.0. The fraction of sp³-hybridized carbons (Fsp3) is 0.550. The number of methoxy groups -OCH3 is 2. The Morgan fingerprint density at radius 3 is 2.25 bits per heavy atom. The molecular formula is C20H31NO3. The monoisotopic (exact) mass is 333 g/mol. The lowest BCUT2D eigenvalue weighted by molar-refractivity contribution is 0.0891. The van der Waals surface area contributed by atoms with Gasteiger partial charge in [-0.15, -0.1) is 6.58 Å². The predicted octanol–water partition coefficient (Wildman–Crippen LogP) is 4.38. The molecule has 0 atom stereocenters. The molecule has 0 aliphatic heterocycles. The molecule has 0 spiro atoms. The molecule has 1 aromatic rings. The van der Waals surface area contributed by atoms with Crippen LogP contribution in [0.3, 0.4) is 0 Å². The third-order valence-corrected chi connectivity index (χ3v) is 3.61. The molecule has 1 aromatic carbocycles.